The van der Waals surface area contributed by atoms with Crippen LogP contribution in [0.2, 0.25) is 0 Å². The van der Waals surface area contributed by atoms with Crippen LogP contribution in [0, 0.1) is 0 Å². The van der Waals surface area contributed by atoms with Crippen molar-refractivity contribution in [3.63, 3.8) is 0 Å². The van der Waals surface area contributed by atoms with Crippen molar-refractivity contribution in [1.82, 2.24) is 9.97 Å². The lowest BCUT2D eigenvalue weighted by Gasteiger charge is -2.09. The van der Waals surface area contributed by atoms with Crippen LogP contribution in [0.3, 0.4) is 0 Å². The summed E-state index contributed by atoms with van der Waals surface area (Å²) in [6, 6.07) is 5.50. The van der Waals surface area contributed by atoms with E-state index in [1.807, 2.05) is 12.1 Å². The monoisotopic (exact) mass is 261 g/mol. The van der Waals surface area contributed by atoms with Crippen molar-refractivity contribution in [1.29, 1.82) is 0 Å². The lowest BCUT2D eigenvalue weighted by Crippen LogP contribution is -2.15. The topological polar surface area (TPSA) is 90.2 Å². The number of nitrogens with two attached hydrogens (primary N) is 1. The average molecular weight is 261 g/mol. The third-order valence-corrected chi connectivity index (χ3v) is 2.74. The van der Waals surface area contributed by atoms with Crippen LogP contribution < -0.4 is 20.8 Å². The number of H-pyrrole nitrogens is 1. The zero-order chi connectivity index (χ0) is 13.8. The molecule has 1 aromatic carbocycles. The summed E-state index contributed by atoms with van der Waals surface area (Å²) < 4.78 is 10.4. The summed E-state index contributed by atoms with van der Waals surface area (Å²) >= 11 is 0. The molecule has 2 aromatic rings. The summed E-state index contributed by atoms with van der Waals surface area (Å²) in [5.74, 6) is 1.39. The van der Waals surface area contributed by atoms with Gasteiger partial charge < -0.3 is 15.2 Å². The maximum absolute atomic E-state index is 11.7. The highest BCUT2D eigenvalue weighted by Crippen LogP contribution is 2.28. The highest BCUT2D eigenvalue weighted by atomic mass is 16.5. The van der Waals surface area contributed by atoms with Gasteiger partial charge in [0.1, 0.15) is 0 Å². The summed E-state index contributed by atoms with van der Waals surface area (Å²) in [4.78, 5) is 18.0. The van der Waals surface area contributed by atoms with Crippen LogP contribution in [0.4, 0.5) is 5.95 Å². The van der Waals surface area contributed by atoms with E-state index in [-0.39, 0.29) is 11.5 Å². The average Bonchev–Trinajstić information content (AvgIpc) is 2.41. The van der Waals surface area contributed by atoms with E-state index in [1.165, 1.54) is 6.20 Å². The number of nitrogen functional groups attached to an aromatic ring is 1. The molecular weight excluding hydrogens is 246 g/mol. The molecule has 2 rings (SSSR count). The molecule has 1 heterocycles. The van der Waals surface area contributed by atoms with E-state index in [9.17, 15) is 4.79 Å². The fourth-order valence-electron chi connectivity index (χ4n) is 1.77. The summed E-state index contributed by atoms with van der Waals surface area (Å²) in [6.45, 7) is 0. The van der Waals surface area contributed by atoms with Gasteiger partial charge in [0.25, 0.3) is 5.56 Å². The first-order chi connectivity index (χ1) is 9.13. The molecule has 6 nitrogen and oxygen atoms in total. The quantitative estimate of drug-likeness (QED) is 0.855. The van der Waals surface area contributed by atoms with E-state index in [0.717, 1.165) is 5.56 Å². The molecule has 0 atom stereocenters. The first-order valence-electron chi connectivity index (χ1n) is 5.68. The molecule has 0 saturated carbocycles. The normalized spacial score (nSPS) is 10.2. The summed E-state index contributed by atoms with van der Waals surface area (Å²) in [5, 5.41) is 0. The predicted molar refractivity (Wildman–Crippen MR) is 71.6 cm³/mol. The number of aromatic amines is 1. The first kappa shape index (κ1) is 12.9. The second kappa shape index (κ2) is 5.43. The molecule has 6 heteroatoms. The largest absolute Gasteiger partial charge is 0.493 e. The zero-order valence-electron chi connectivity index (χ0n) is 10.8. The molecule has 0 unspecified atom stereocenters. The Labute approximate surface area is 110 Å². The van der Waals surface area contributed by atoms with Gasteiger partial charge in [0.2, 0.25) is 0 Å². The Hall–Kier alpha value is -2.50. The summed E-state index contributed by atoms with van der Waals surface area (Å²) in [7, 11) is 3.14. The molecule has 1 aromatic heterocycles. The molecule has 0 amide bonds. The van der Waals surface area contributed by atoms with Crippen molar-refractivity contribution in [3.05, 3.63) is 45.9 Å². The van der Waals surface area contributed by atoms with Crippen LogP contribution in [-0.2, 0) is 6.42 Å². The molecule has 0 aliphatic carbocycles. The van der Waals surface area contributed by atoms with Crippen LogP contribution in [0.15, 0.2) is 29.2 Å². The molecule has 0 bridgehead atoms. The van der Waals surface area contributed by atoms with Crippen molar-refractivity contribution < 1.29 is 9.47 Å². The van der Waals surface area contributed by atoms with Crippen LogP contribution in [-0.4, -0.2) is 24.2 Å². The number of nitrogens with one attached hydrogen (secondary N) is 1. The zero-order valence-corrected chi connectivity index (χ0v) is 10.8. The SMILES string of the molecule is COc1ccc(Cc2cnc(N)[nH]c2=O)cc1OC. The predicted octanol–water partition coefficient (Wildman–Crippen LogP) is 0.960. The number of methoxy groups -OCH3 is 2. The van der Waals surface area contributed by atoms with Gasteiger partial charge in [0, 0.05) is 18.2 Å². The van der Waals surface area contributed by atoms with E-state index < -0.39 is 0 Å². The van der Waals surface area contributed by atoms with Gasteiger partial charge in [0.15, 0.2) is 17.4 Å². The number of aromatic nitrogens is 2. The van der Waals surface area contributed by atoms with E-state index in [2.05, 4.69) is 9.97 Å². The molecule has 0 aliphatic heterocycles. The summed E-state index contributed by atoms with van der Waals surface area (Å²) in [6.07, 6.45) is 1.92. The van der Waals surface area contributed by atoms with Crippen LogP contribution in [0.5, 0.6) is 11.5 Å². The number of ether oxygens (including phenoxy) is 2. The van der Waals surface area contributed by atoms with Crippen molar-refractivity contribution >= 4 is 5.95 Å². The van der Waals surface area contributed by atoms with Crippen molar-refractivity contribution in [2.75, 3.05) is 20.0 Å². The Morgan fingerprint density at radius 3 is 2.63 bits per heavy atom. The second-order valence-corrected chi connectivity index (χ2v) is 3.99. The molecular formula is C13H15N3O3. The van der Waals surface area contributed by atoms with E-state index >= 15 is 0 Å². The van der Waals surface area contributed by atoms with E-state index in [1.54, 1.807) is 20.3 Å². The molecule has 0 spiro atoms. The number of anilines is 1. The van der Waals surface area contributed by atoms with Crippen molar-refractivity contribution in [2.45, 2.75) is 6.42 Å². The fraction of sp³-hybridized carbons (Fsp3) is 0.231. The maximum Gasteiger partial charge on any atom is 0.255 e. The lowest BCUT2D eigenvalue weighted by molar-refractivity contribution is 0.354. The molecule has 19 heavy (non-hydrogen) atoms. The number of hydrogen-bond donors (Lipinski definition) is 2. The molecule has 100 valence electrons. The van der Waals surface area contributed by atoms with Gasteiger partial charge in [-0.15, -0.1) is 0 Å². The smallest absolute Gasteiger partial charge is 0.255 e. The van der Waals surface area contributed by atoms with Gasteiger partial charge in [-0.3, -0.25) is 9.78 Å². The lowest BCUT2D eigenvalue weighted by atomic mass is 10.1. The molecule has 0 fully saturated rings. The van der Waals surface area contributed by atoms with E-state index in [4.69, 9.17) is 15.2 Å². The fourth-order valence-corrected chi connectivity index (χ4v) is 1.77. The van der Waals surface area contributed by atoms with Crippen molar-refractivity contribution in [3.8, 4) is 11.5 Å². The van der Waals surface area contributed by atoms with Gasteiger partial charge in [-0.05, 0) is 17.7 Å². The number of rotatable bonds is 4. The van der Waals surface area contributed by atoms with Crippen LogP contribution in [0.1, 0.15) is 11.1 Å². The van der Waals surface area contributed by atoms with Gasteiger partial charge in [-0.2, -0.15) is 0 Å². The Kier molecular flexibility index (Phi) is 3.70. The maximum atomic E-state index is 11.7. The number of nitrogens with zero attached hydrogens (tertiary/aromatic N) is 1. The van der Waals surface area contributed by atoms with Crippen molar-refractivity contribution in [2.24, 2.45) is 0 Å². The Bertz CT molecular complexity index is 637. The Balaban J connectivity index is 2.30. The van der Waals surface area contributed by atoms with Gasteiger partial charge in [0.05, 0.1) is 14.2 Å². The number of benzene rings is 1. The minimum atomic E-state index is -0.234. The minimum absolute atomic E-state index is 0.112. The summed E-state index contributed by atoms with van der Waals surface area (Å²) in [5.41, 5.74) is 6.64. The third kappa shape index (κ3) is 2.85. The molecule has 3 N–H and O–H groups in total. The third-order valence-electron chi connectivity index (χ3n) is 2.74. The van der Waals surface area contributed by atoms with Crippen LogP contribution in [0.25, 0.3) is 0 Å². The first-order valence-corrected chi connectivity index (χ1v) is 5.68. The standard InChI is InChI=1S/C13H15N3O3/c1-18-10-4-3-8(6-11(10)19-2)5-9-7-15-13(14)16-12(9)17/h3-4,6-7H,5H2,1-2H3,(H3,14,15,16,17). The highest BCUT2D eigenvalue weighted by Gasteiger charge is 2.07. The van der Waals surface area contributed by atoms with E-state index in [0.29, 0.717) is 23.5 Å². The number of hydrogen-bond acceptors (Lipinski definition) is 5. The minimum Gasteiger partial charge on any atom is -0.493 e. The van der Waals surface area contributed by atoms with Crippen LogP contribution >= 0.6 is 0 Å². The molecule has 0 saturated heterocycles. The molecule has 0 radical (unpaired) electrons. The van der Waals surface area contributed by atoms with Gasteiger partial charge >= 0.3 is 0 Å². The van der Waals surface area contributed by atoms with Gasteiger partial charge in [-0.25, -0.2) is 4.98 Å². The second-order valence-electron chi connectivity index (χ2n) is 3.99. The Morgan fingerprint density at radius 1 is 1.26 bits per heavy atom. The Morgan fingerprint density at radius 2 is 2.00 bits per heavy atom. The molecule has 0 aliphatic rings. The highest BCUT2D eigenvalue weighted by molar-refractivity contribution is 5.44. The van der Waals surface area contributed by atoms with Gasteiger partial charge in [-0.1, -0.05) is 6.07 Å².